The first-order valence-corrected chi connectivity index (χ1v) is 6.55. The van der Waals surface area contributed by atoms with Crippen LogP contribution in [-0.4, -0.2) is 61.3 Å². The number of nitrogens with one attached hydrogen (secondary N) is 1. The van der Waals surface area contributed by atoms with Gasteiger partial charge in [-0.1, -0.05) is 20.3 Å². The summed E-state index contributed by atoms with van der Waals surface area (Å²) in [6.45, 7) is 6.03. The Morgan fingerprint density at radius 3 is 2.37 bits per heavy atom. The second-order valence-electron chi connectivity index (χ2n) is 5.00. The molecule has 0 heterocycles. The molecule has 0 saturated heterocycles. The van der Waals surface area contributed by atoms with Crippen LogP contribution in [0.25, 0.3) is 0 Å². The molecule has 1 amide bonds. The number of carbonyl (C=O) groups is 2. The van der Waals surface area contributed by atoms with E-state index in [1.54, 1.807) is 18.9 Å². The number of nitrogens with zero attached hydrogens (tertiary/aromatic N) is 1. The van der Waals surface area contributed by atoms with Gasteiger partial charge >= 0.3 is 5.97 Å². The van der Waals surface area contributed by atoms with Crippen molar-refractivity contribution in [2.45, 2.75) is 39.3 Å². The van der Waals surface area contributed by atoms with Crippen LogP contribution in [0.4, 0.5) is 0 Å². The molecular weight excluding hydrogens is 248 g/mol. The number of likely N-dealkylation sites (N-methyl/N-ethyl adjacent to an activating group) is 1. The van der Waals surface area contributed by atoms with Crippen LogP contribution >= 0.6 is 0 Å². The van der Waals surface area contributed by atoms with E-state index in [2.05, 4.69) is 5.32 Å². The summed E-state index contributed by atoms with van der Waals surface area (Å²) in [5.74, 6) is -0.668. The molecule has 0 saturated carbocycles. The minimum atomic E-state index is -0.623. The molecule has 0 aliphatic heterocycles. The Morgan fingerprint density at radius 1 is 1.37 bits per heavy atom. The lowest BCUT2D eigenvalue weighted by Crippen LogP contribution is -2.49. The molecule has 0 radical (unpaired) electrons. The first-order valence-electron chi connectivity index (χ1n) is 6.55. The number of hydrogen-bond acceptors (Lipinski definition) is 5. The van der Waals surface area contributed by atoms with Crippen LogP contribution in [0.15, 0.2) is 0 Å². The van der Waals surface area contributed by atoms with Crippen LogP contribution in [0.3, 0.4) is 0 Å². The molecule has 0 rings (SSSR count). The maximum atomic E-state index is 11.8. The maximum absolute atomic E-state index is 11.8. The van der Waals surface area contributed by atoms with Crippen LogP contribution in [0.5, 0.6) is 0 Å². The normalized spacial score (nSPS) is 15.7. The number of aliphatic hydroxyl groups excluding tert-OH is 1. The average Bonchev–Trinajstić information content (AvgIpc) is 2.32. The van der Waals surface area contributed by atoms with Crippen molar-refractivity contribution in [1.29, 1.82) is 0 Å². The molecular formula is C13H26N2O4. The predicted molar refractivity (Wildman–Crippen MR) is 72.6 cm³/mol. The zero-order valence-corrected chi connectivity index (χ0v) is 12.5. The van der Waals surface area contributed by atoms with E-state index >= 15 is 0 Å². The van der Waals surface area contributed by atoms with Crippen molar-refractivity contribution < 1.29 is 19.4 Å². The molecule has 112 valence electrons. The zero-order valence-electron chi connectivity index (χ0n) is 12.5. The number of esters is 1. The number of rotatable bonds is 8. The number of carbonyl (C=O) groups excluding carboxylic acids is 2. The van der Waals surface area contributed by atoms with Gasteiger partial charge in [-0.2, -0.15) is 0 Å². The number of amides is 1. The summed E-state index contributed by atoms with van der Waals surface area (Å²) in [5.41, 5.74) is 0. The van der Waals surface area contributed by atoms with Crippen molar-refractivity contribution in [3.05, 3.63) is 0 Å². The molecule has 0 aromatic rings. The number of aliphatic hydroxyl groups is 1. The van der Waals surface area contributed by atoms with Gasteiger partial charge in [0.25, 0.3) is 0 Å². The summed E-state index contributed by atoms with van der Waals surface area (Å²) in [4.78, 5) is 25.2. The fourth-order valence-corrected chi connectivity index (χ4v) is 1.78. The van der Waals surface area contributed by atoms with E-state index in [0.29, 0.717) is 6.54 Å². The lowest BCUT2D eigenvalue weighted by Gasteiger charge is -2.24. The van der Waals surface area contributed by atoms with E-state index in [0.717, 1.165) is 6.42 Å². The van der Waals surface area contributed by atoms with E-state index in [1.807, 2.05) is 13.8 Å². The maximum Gasteiger partial charge on any atom is 0.328 e. The highest BCUT2D eigenvalue weighted by Crippen LogP contribution is 2.09. The lowest BCUT2D eigenvalue weighted by atomic mass is 9.99. The predicted octanol–water partition coefficient (Wildman–Crippen LogP) is 0.00290. The molecule has 2 N–H and O–H groups in total. The highest BCUT2D eigenvalue weighted by Gasteiger charge is 2.26. The van der Waals surface area contributed by atoms with Gasteiger partial charge in [0.15, 0.2) is 0 Å². The van der Waals surface area contributed by atoms with Gasteiger partial charge in [0.05, 0.1) is 19.8 Å². The highest BCUT2D eigenvalue weighted by molar-refractivity contribution is 5.85. The molecule has 0 aromatic heterocycles. The third-order valence-corrected chi connectivity index (χ3v) is 2.97. The Balaban J connectivity index is 4.43. The van der Waals surface area contributed by atoms with Crippen molar-refractivity contribution in [3.63, 3.8) is 0 Å². The van der Waals surface area contributed by atoms with Gasteiger partial charge in [0.1, 0.15) is 6.04 Å². The largest absolute Gasteiger partial charge is 0.467 e. The van der Waals surface area contributed by atoms with Crippen molar-refractivity contribution in [3.8, 4) is 0 Å². The zero-order chi connectivity index (χ0) is 15.0. The van der Waals surface area contributed by atoms with Gasteiger partial charge in [-0.05, 0) is 19.9 Å². The third kappa shape index (κ3) is 7.12. The topological polar surface area (TPSA) is 78.9 Å². The van der Waals surface area contributed by atoms with Crippen molar-refractivity contribution in [2.75, 3.05) is 27.2 Å². The molecule has 6 heteroatoms. The summed E-state index contributed by atoms with van der Waals surface area (Å²) in [6, 6.07) is -0.623. The van der Waals surface area contributed by atoms with Gasteiger partial charge in [-0.15, -0.1) is 0 Å². The van der Waals surface area contributed by atoms with E-state index in [9.17, 15) is 14.7 Å². The minimum absolute atomic E-state index is 0.0125. The van der Waals surface area contributed by atoms with E-state index in [-0.39, 0.29) is 18.4 Å². The molecule has 0 spiro atoms. The van der Waals surface area contributed by atoms with Crippen LogP contribution in [0.2, 0.25) is 0 Å². The Hall–Kier alpha value is -1.14. The van der Waals surface area contributed by atoms with Crippen molar-refractivity contribution in [1.82, 2.24) is 10.2 Å². The monoisotopic (exact) mass is 274 g/mol. The van der Waals surface area contributed by atoms with Crippen molar-refractivity contribution >= 4 is 11.9 Å². The number of hydrogen-bond donors (Lipinski definition) is 2. The molecule has 0 bridgehead atoms. The molecule has 0 aromatic carbocycles. The quantitative estimate of drug-likeness (QED) is 0.609. The summed E-state index contributed by atoms with van der Waals surface area (Å²) < 4.78 is 4.70. The molecule has 3 atom stereocenters. The number of methoxy groups -OCH3 is 1. The Bertz CT molecular complexity index is 294. The molecule has 0 aliphatic rings. The van der Waals surface area contributed by atoms with Gasteiger partial charge < -0.3 is 15.2 Å². The Labute approximate surface area is 115 Å². The lowest BCUT2D eigenvalue weighted by molar-refractivity contribution is -0.146. The van der Waals surface area contributed by atoms with Crippen LogP contribution < -0.4 is 5.32 Å². The molecule has 6 nitrogen and oxygen atoms in total. The average molecular weight is 274 g/mol. The molecule has 0 aliphatic carbocycles. The smallest absolute Gasteiger partial charge is 0.328 e. The van der Waals surface area contributed by atoms with E-state index in [1.165, 1.54) is 7.11 Å². The fourth-order valence-electron chi connectivity index (χ4n) is 1.78. The minimum Gasteiger partial charge on any atom is -0.467 e. The van der Waals surface area contributed by atoms with Crippen LogP contribution in [0, 0.1) is 5.92 Å². The summed E-state index contributed by atoms with van der Waals surface area (Å²) in [5, 5.41) is 11.9. The van der Waals surface area contributed by atoms with Gasteiger partial charge in [0.2, 0.25) is 5.91 Å². The Kier molecular flexibility index (Phi) is 8.34. The van der Waals surface area contributed by atoms with Crippen molar-refractivity contribution in [2.24, 2.45) is 5.92 Å². The second kappa shape index (κ2) is 8.87. The second-order valence-corrected chi connectivity index (χ2v) is 5.00. The summed E-state index contributed by atoms with van der Waals surface area (Å²) in [6.07, 6.45) is 0.271. The van der Waals surface area contributed by atoms with E-state index in [4.69, 9.17) is 4.74 Å². The van der Waals surface area contributed by atoms with Gasteiger partial charge in [0, 0.05) is 6.54 Å². The first kappa shape index (κ1) is 17.9. The van der Waals surface area contributed by atoms with Crippen LogP contribution in [-0.2, 0) is 14.3 Å². The standard InChI is InChI=1S/C13H26N2O4/c1-6-9(2)12(13(18)19-5)14-11(17)8-15(4)7-10(3)16/h9-10,12,16H,6-8H2,1-5H3,(H,14,17). The third-order valence-electron chi connectivity index (χ3n) is 2.97. The highest BCUT2D eigenvalue weighted by atomic mass is 16.5. The molecule has 3 unspecified atom stereocenters. The van der Waals surface area contributed by atoms with E-state index < -0.39 is 18.1 Å². The fraction of sp³-hybridized carbons (Fsp3) is 0.846. The number of ether oxygens (including phenoxy) is 1. The van der Waals surface area contributed by atoms with Gasteiger partial charge in [-0.3, -0.25) is 9.69 Å². The molecule has 0 fully saturated rings. The van der Waals surface area contributed by atoms with Gasteiger partial charge in [-0.25, -0.2) is 4.79 Å². The van der Waals surface area contributed by atoms with Crippen LogP contribution in [0.1, 0.15) is 27.2 Å². The summed E-state index contributed by atoms with van der Waals surface area (Å²) in [7, 11) is 3.05. The first-order chi connectivity index (χ1) is 8.81. The molecule has 19 heavy (non-hydrogen) atoms. The SMILES string of the molecule is CCC(C)C(NC(=O)CN(C)CC(C)O)C(=O)OC. The summed E-state index contributed by atoms with van der Waals surface area (Å²) >= 11 is 0. The Morgan fingerprint density at radius 2 is 1.95 bits per heavy atom.